The Balaban J connectivity index is 2.06. The maximum Gasteiger partial charge on any atom is 0.0899 e. The second-order valence-electron chi connectivity index (χ2n) is 4.85. The van der Waals surface area contributed by atoms with Gasteiger partial charge in [0.25, 0.3) is 0 Å². The lowest BCUT2D eigenvalue weighted by atomic mass is 10.2. The predicted molar refractivity (Wildman–Crippen MR) is 77.0 cm³/mol. The van der Waals surface area contributed by atoms with Crippen molar-refractivity contribution in [3.63, 3.8) is 0 Å². The van der Waals surface area contributed by atoms with Crippen LogP contribution in [0.4, 0.5) is 0 Å². The van der Waals surface area contributed by atoms with Crippen molar-refractivity contribution in [1.29, 1.82) is 0 Å². The number of aromatic nitrogens is 2. The first-order valence-corrected chi connectivity index (χ1v) is 7.63. The summed E-state index contributed by atoms with van der Waals surface area (Å²) in [5.74, 6) is 0. The van der Waals surface area contributed by atoms with Crippen LogP contribution in [0.1, 0.15) is 57.7 Å². The maximum absolute atomic E-state index is 5.85. The van der Waals surface area contributed by atoms with Crippen molar-refractivity contribution in [2.75, 3.05) is 0 Å². The highest BCUT2D eigenvalue weighted by atomic mass is 127. The van der Waals surface area contributed by atoms with Crippen LogP contribution in [0.3, 0.4) is 0 Å². The van der Waals surface area contributed by atoms with E-state index >= 15 is 0 Å². The molecule has 1 atom stereocenters. The van der Waals surface area contributed by atoms with Crippen LogP contribution in [0.15, 0.2) is 6.20 Å². The summed E-state index contributed by atoms with van der Waals surface area (Å²) in [4.78, 5) is 0. The molecule has 1 saturated carbocycles. The fourth-order valence-corrected chi connectivity index (χ4v) is 2.83. The molecule has 0 amide bonds. The largest absolute Gasteiger partial charge is 0.372 e. The van der Waals surface area contributed by atoms with Crippen molar-refractivity contribution >= 4 is 22.6 Å². The summed E-state index contributed by atoms with van der Waals surface area (Å²) < 4.78 is 9.29. The van der Waals surface area contributed by atoms with Crippen LogP contribution in [-0.4, -0.2) is 15.9 Å². The van der Waals surface area contributed by atoms with Gasteiger partial charge >= 0.3 is 0 Å². The van der Waals surface area contributed by atoms with E-state index in [4.69, 9.17) is 4.74 Å². The predicted octanol–water partition coefficient (Wildman–Crippen LogP) is 3.92. The Kier molecular flexibility index (Phi) is 4.85. The summed E-state index contributed by atoms with van der Waals surface area (Å²) in [7, 11) is 0. The quantitative estimate of drug-likeness (QED) is 0.755. The molecular formula is C13H21IN2O. The fraction of sp³-hybridized carbons (Fsp3) is 0.769. The van der Waals surface area contributed by atoms with Crippen LogP contribution in [0.2, 0.25) is 0 Å². The van der Waals surface area contributed by atoms with E-state index in [1.54, 1.807) is 0 Å². The Morgan fingerprint density at radius 1 is 1.53 bits per heavy atom. The molecule has 0 spiro atoms. The molecule has 1 aliphatic carbocycles. The Labute approximate surface area is 117 Å². The van der Waals surface area contributed by atoms with Crippen molar-refractivity contribution in [2.24, 2.45) is 0 Å². The summed E-state index contributed by atoms with van der Waals surface area (Å²) in [6.45, 7) is 4.98. The molecule has 1 aromatic rings. The molecule has 1 aliphatic rings. The van der Waals surface area contributed by atoms with Crippen LogP contribution in [0.25, 0.3) is 0 Å². The van der Waals surface area contributed by atoms with Gasteiger partial charge in [-0.2, -0.15) is 5.10 Å². The summed E-state index contributed by atoms with van der Waals surface area (Å²) in [5.41, 5.74) is 1.26. The SMILES string of the molecule is CC[C@H](C)OCc1c(I)cnn1C1CCCC1. The minimum atomic E-state index is 0.331. The first kappa shape index (κ1) is 13.3. The lowest BCUT2D eigenvalue weighted by Crippen LogP contribution is -2.14. The molecule has 0 unspecified atom stereocenters. The fourth-order valence-electron chi connectivity index (χ4n) is 2.30. The maximum atomic E-state index is 5.85. The molecule has 1 aromatic heterocycles. The standard InChI is InChI=1S/C13H21IN2O/c1-3-10(2)17-9-13-12(14)8-15-16(13)11-6-4-5-7-11/h8,10-11H,3-7,9H2,1-2H3/t10-/m0/s1. The van der Waals surface area contributed by atoms with Crippen LogP contribution in [0, 0.1) is 3.57 Å². The Morgan fingerprint density at radius 3 is 2.88 bits per heavy atom. The third kappa shape index (κ3) is 3.22. The van der Waals surface area contributed by atoms with E-state index in [0.717, 1.165) is 6.42 Å². The molecular weight excluding hydrogens is 327 g/mol. The van der Waals surface area contributed by atoms with Crippen molar-refractivity contribution in [3.8, 4) is 0 Å². The topological polar surface area (TPSA) is 27.1 Å². The Hall–Kier alpha value is -0.100. The van der Waals surface area contributed by atoms with Gasteiger partial charge in [0.05, 0.1) is 34.2 Å². The van der Waals surface area contributed by atoms with E-state index in [9.17, 15) is 0 Å². The second-order valence-corrected chi connectivity index (χ2v) is 6.01. The Bertz CT molecular complexity index is 358. The smallest absolute Gasteiger partial charge is 0.0899 e. The molecule has 0 radical (unpaired) electrons. The van der Waals surface area contributed by atoms with Gasteiger partial charge in [0.2, 0.25) is 0 Å². The highest BCUT2D eigenvalue weighted by molar-refractivity contribution is 14.1. The molecule has 4 heteroatoms. The Morgan fingerprint density at radius 2 is 2.24 bits per heavy atom. The van der Waals surface area contributed by atoms with E-state index in [-0.39, 0.29) is 0 Å². The molecule has 0 aliphatic heterocycles. The van der Waals surface area contributed by atoms with Gasteiger partial charge in [0, 0.05) is 0 Å². The van der Waals surface area contributed by atoms with Gasteiger partial charge < -0.3 is 4.74 Å². The lowest BCUT2D eigenvalue weighted by molar-refractivity contribution is 0.0454. The van der Waals surface area contributed by atoms with Crippen LogP contribution >= 0.6 is 22.6 Å². The number of hydrogen-bond donors (Lipinski definition) is 0. The number of halogens is 1. The number of nitrogens with zero attached hydrogens (tertiary/aromatic N) is 2. The van der Waals surface area contributed by atoms with E-state index in [1.807, 2.05) is 6.20 Å². The molecule has 96 valence electrons. The monoisotopic (exact) mass is 348 g/mol. The van der Waals surface area contributed by atoms with E-state index in [2.05, 4.69) is 46.2 Å². The molecule has 2 rings (SSSR count). The molecule has 3 nitrogen and oxygen atoms in total. The molecule has 0 aromatic carbocycles. The third-order valence-corrected chi connectivity index (χ3v) is 4.50. The average Bonchev–Trinajstić information content (AvgIpc) is 2.95. The average molecular weight is 348 g/mol. The molecule has 1 heterocycles. The second kappa shape index (κ2) is 6.18. The van der Waals surface area contributed by atoms with Gasteiger partial charge in [-0.15, -0.1) is 0 Å². The van der Waals surface area contributed by atoms with Crippen molar-refractivity contribution in [1.82, 2.24) is 9.78 Å². The highest BCUT2D eigenvalue weighted by Crippen LogP contribution is 2.31. The summed E-state index contributed by atoms with van der Waals surface area (Å²) in [6.07, 6.45) is 8.59. The summed E-state index contributed by atoms with van der Waals surface area (Å²) in [5, 5.41) is 4.53. The number of ether oxygens (including phenoxy) is 1. The first-order valence-electron chi connectivity index (χ1n) is 6.55. The zero-order valence-electron chi connectivity index (χ0n) is 10.7. The van der Waals surface area contributed by atoms with Crippen LogP contribution in [0.5, 0.6) is 0 Å². The van der Waals surface area contributed by atoms with Crippen molar-refractivity contribution in [2.45, 2.75) is 64.7 Å². The third-order valence-electron chi connectivity index (χ3n) is 3.60. The van der Waals surface area contributed by atoms with Crippen molar-refractivity contribution < 1.29 is 4.74 Å². The van der Waals surface area contributed by atoms with E-state index in [0.29, 0.717) is 18.8 Å². The van der Waals surface area contributed by atoms with E-state index in [1.165, 1.54) is 34.9 Å². The minimum Gasteiger partial charge on any atom is -0.372 e. The lowest BCUT2D eigenvalue weighted by Gasteiger charge is -2.16. The number of hydrogen-bond acceptors (Lipinski definition) is 2. The summed E-state index contributed by atoms with van der Waals surface area (Å²) in [6, 6.07) is 0.606. The summed E-state index contributed by atoms with van der Waals surface area (Å²) >= 11 is 2.36. The highest BCUT2D eigenvalue weighted by Gasteiger charge is 2.21. The van der Waals surface area contributed by atoms with Gasteiger partial charge in [-0.1, -0.05) is 19.8 Å². The molecule has 0 saturated heterocycles. The van der Waals surface area contributed by atoms with Crippen LogP contribution in [-0.2, 0) is 11.3 Å². The van der Waals surface area contributed by atoms with Crippen LogP contribution < -0.4 is 0 Å². The normalized spacial score (nSPS) is 18.8. The van der Waals surface area contributed by atoms with E-state index < -0.39 is 0 Å². The first-order chi connectivity index (χ1) is 8.22. The molecule has 0 N–H and O–H groups in total. The van der Waals surface area contributed by atoms with Gasteiger partial charge in [0.15, 0.2) is 0 Å². The van der Waals surface area contributed by atoms with Crippen molar-refractivity contribution in [3.05, 3.63) is 15.5 Å². The van der Waals surface area contributed by atoms with Gasteiger partial charge in [-0.3, -0.25) is 4.68 Å². The number of rotatable bonds is 5. The molecule has 0 bridgehead atoms. The van der Waals surface area contributed by atoms with Gasteiger partial charge in [-0.05, 0) is 48.8 Å². The zero-order valence-corrected chi connectivity index (χ0v) is 12.8. The zero-order chi connectivity index (χ0) is 12.3. The van der Waals surface area contributed by atoms with Gasteiger partial charge in [-0.25, -0.2) is 0 Å². The molecule has 17 heavy (non-hydrogen) atoms. The minimum absolute atomic E-state index is 0.331. The van der Waals surface area contributed by atoms with Gasteiger partial charge in [0.1, 0.15) is 0 Å². The molecule has 1 fully saturated rings.